The normalized spacial score (nSPS) is 15.5. The second-order valence-electron chi connectivity index (χ2n) is 5.96. The Balaban J connectivity index is 1.87. The Hall–Kier alpha value is -2.24. The van der Waals surface area contributed by atoms with Crippen LogP contribution in [-0.4, -0.2) is 50.2 Å². The van der Waals surface area contributed by atoms with Gasteiger partial charge in [-0.1, -0.05) is 29.3 Å². The number of anilines is 1. The summed E-state index contributed by atoms with van der Waals surface area (Å²) in [7, 11) is -3.86. The summed E-state index contributed by atoms with van der Waals surface area (Å²) < 4.78 is 31.8. The summed E-state index contributed by atoms with van der Waals surface area (Å²) in [6, 6.07) is 8.51. The number of hydrogen-bond donors (Lipinski definition) is 1. The van der Waals surface area contributed by atoms with Crippen LogP contribution in [0.4, 0.5) is 11.4 Å². The molecule has 3 rings (SSSR count). The minimum absolute atomic E-state index is 0.0235. The lowest BCUT2D eigenvalue weighted by Crippen LogP contribution is -2.40. The fourth-order valence-electron chi connectivity index (χ4n) is 2.65. The van der Waals surface area contributed by atoms with Crippen molar-refractivity contribution in [3.8, 4) is 0 Å². The van der Waals surface area contributed by atoms with Crippen LogP contribution >= 0.6 is 23.2 Å². The lowest BCUT2D eigenvalue weighted by Gasteiger charge is -2.26. The van der Waals surface area contributed by atoms with E-state index in [2.05, 4.69) is 10.5 Å². The van der Waals surface area contributed by atoms with Crippen molar-refractivity contribution >= 4 is 50.8 Å². The molecule has 0 spiro atoms. The van der Waals surface area contributed by atoms with Gasteiger partial charge in [0.05, 0.1) is 39.3 Å². The van der Waals surface area contributed by atoms with Crippen molar-refractivity contribution in [3.63, 3.8) is 0 Å². The average Bonchev–Trinajstić information content (AvgIpc) is 2.70. The van der Waals surface area contributed by atoms with Gasteiger partial charge in [0.25, 0.3) is 5.69 Å². The van der Waals surface area contributed by atoms with E-state index in [4.69, 9.17) is 27.9 Å². The van der Waals surface area contributed by atoms with Gasteiger partial charge in [-0.25, -0.2) is 8.42 Å². The first kappa shape index (κ1) is 21.5. The van der Waals surface area contributed by atoms with E-state index in [1.54, 1.807) is 18.2 Å². The van der Waals surface area contributed by atoms with Gasteiger partial charge < -0.3 is 4.74 Å². The summed E-state index contributed by atoms with van der Waals surface area (Å²) in [5.74, 6) is 0. The maximum atomic E-state index is 12.7. The van der Waals surface area contributed by atoms with Crippen molar-refractivity contribution in [2.75, 3.05) is 31.7 Å². The smallest absolute Gasteiger partial charge is 0.295 e. The second-order valence-corrected chi connectivity index (χ2v) is 8.71. The van der Waals surface area contributed by atoms with Crippen LogP contribution in [0.3, 0.4) is 0 Å². The Kier molecular flexibility index (Phi) is 6.70. The summed E-state index contributed by atoms with van der Waals surface area (Å²) in [5, 5.41) is 16.1. The maximum absolute atomic E-state index is 12.7. The summed E-state index contributed by atoms with van der Waals surface area (Å²) >= 11 is 12.1. The highest BCUT2D eigenvalue weighted by molar-refractivity contribution is 7.89. The second kappa shape index (κ2) is 9.06. The Morgan fingerprint density at radius 3 is 2.45 bits per heavy atom. The molecule has 1 aliphatic rings. The number of hydrazone groups is 1. The monoisotopic (exact) mass is 458 g/mol. The SMILES string of the molecule is O=[N+]([O-])c1cc(S(=O)(=O)N2CCOCC2)ccc1N/N=C/c1c(Cl)cccc1Cl. The summed E-state index contributed by atoms with van der Waals surface area (Å²) in [6.45, 7) is 0.943. The first-order valence-corrected chi connectivity index (χ1v) is 10.6. The highest BCUT2D eigenvalue weighted by Gasteiger charge is 2.28. The first-order chi connectivity index (χ1) is 13.8. The lowest BCUT2D eigenvalue weighted by molar-refractivity contribution is -0.384. The van der Waals surface area contributed by atoms with Gasteiger partial charge in [0.2, 0.25) is 10.0 Å². The van der Waals surface area contributed by atoms with Crippen LogP contribution in [0.25, 0.3) is 0 Å². The largest absolute Gasteiger partial charge is 0.379 e. The van der Waals surface area contributed by atoms with E-state index in [0.717, 1.165) is 6.07 Å². The minimum Gasteiger partial charge on any atom is -0.379 e. The van der Waals surface area contributed by atoms with Crippen LogP contribution in [0, 0.1) is 10.1 Å². The molecule has 0 atom stereocenters. The standard InChI is InChI=1S/C17H16Cl2N4O5S/c18-14-2-1-3-15(19)13(14)11-20-21-16-5-4-12(10-17(16)23(24)25)29(26,27)22-6-8-28-9-7-22/h1-5,10-11,21H,6-9H2/b20-11+. The third-order valence-corrected chi connectivity index (χ3v) is 6.71. The van der Waals surface area contributed by atoms with E-state index >= 15 is 0 Å². The van der Waals surface area contributed by atoms with E-state index in [1.165, 1.54) is 22.7 Å². The van der Waals surface area contributed by atoms with Gasteiger partial charge in [-0.2, -0.15) is 9.41 Å². The third-order valence-electron chi connectivity index (χ3n) is 4.15. The molecule has 2 aromatic carbocycles. The van der Waals surface area contributed by atoms with Gasteiger partial charge in [0.1, 0.15) is 5.69 Å². The first-order valence-electron chi connectivity index (χ1n) is 8.40. The van der Waals surface area contributed by atoms with Crippen molar-refractivity contribution in [2.24, 2.45) is 5.10 Å². The predicted molar refractivity (Wildman–Crippen MR) is 110 cm³/mol. The number of ether oxygens (including phenoxy) is 1. The summed E-state index contributed by atoms with van der Waals surface area (Å²) in [5.41, 5.74) is 2.57. The number of nitro groups is 1. The molecule has 0 saturated carbocycles. The molecule has 1 aliphatic heterocycles. The zero-order chi connectivity index (χ0) is 21.0. The maximum Gasteiger partial charge on any atom is 0.295 e. The minimum atomic E-state index is -3.86. The molecule has 29 heavy (non-hydrogen) atoms. The van der Waals surface area contributed by atoms with Crippen LogP contribution < -0.4 is 5.43 Å². The number of rotatable bonds is 6. The van der Waals surface area contributed by atoms with E-state index in [0.29, 0.717) is 15.6 Å². The van der Waals surface area contributed by atoms with Gasteiger partial charge in [0, 0.05) is 24.7 Å². The molecular weight excluding hydrogens is 443 g/mol. The molecule has 0 radical (unpaired) electrons. The van der Waals surface area contributed by atoms with E-state index in [9.17, 15) is 18.5 Å². The topological polar surface area (TPSA) is 114 Å². The fourth-order valence-corrected chi connectivity index (χ4v) is 4.58. The van der Waals surface area contributed by atoms with Gasteiger partial charge in [0.15, 0.2) is 0 Å². The molecule has 1 saturated heterocycles. The molecule has 9 nitrogen and oxygen atoms in total. The van der Waals surface area contributed by atoms with Crippen molar-refractivity contribution < 1.29 is 18.1 Å². The highest BCUT2D eigenvalue weighted by atomic mass is 35.5. The number of hydrogen-bond acceptors (Lipinski definition) is 7. The quantitative estimate of drug-likeness (QED) is 0.403. The van der Waals surface area contributed by atoms with E-state index in [-0.39, 0.29) is 36.9 Å². The number of nitro benzene ring substituents is 1. The molecule has 0 aromatic heterocycles. The highest BCUT2D eigenvalue weighted by Crippen LogP contribution is 2.29. The molecule has 0 aliphatic carbocycles. The Morgan fingerprint density at radius 2 is 1.83 bits per heavy atom. The zero-order valence-corrected chi connectivity index (χ0v) is 17.2. The molecular formula is C17H16Cl2N4O5S. The molecule has 0 unspecified atom stereocenters. The van der Waals surface area contributed by atoms with Crippen LogP contribution in [0.5, 0.6) is 0 Å². The van der Waals surface area contributed by atoms with E-state index in [1.807, 2.05) is 0 Å². The molecule has 1 heterocycles. The van der Waals surface area contributed by atoms with Crippen molar-refractivity contribution in [3.05, 3.63) is 62.1 Å². The van der Waals surface area contributed by atoms with Crippen LogP contribution in [0.2, 0.25) is 10.0 Å². The number of nitrogens with one attached hydrogen (secondary N) is 1. The van der Waals surface area contributed by atoms with Gasteiger partial charge >= 0.3 is 0 Å². The van der Waals surface area contributed by atoms with Crippen molar-refractivity contribution in [1.82, 2.24) is 4.31 Å². The molecule has 0 bridgehead atoms. The fraction of sp³-hybridized carbons (Fsp3) is 0.235. The number of halogens is 2. The van der Waals surface area contributed by atoms with Gasteiger partial charge in [-0.3, -0.25) is 15.5 Å². The summed E-state index contributed by atoms with van der Waals surface area (Å²) in [4.78, 5) is 10.6. The Labute approximate surface area is 177 Å². The molecule has 0 amide bonds. The molecule has 12 heteroatoms. The Morgan fingerprint density at radius 1 is 1.17 bits per heavy atom. The van der Waals surface area contributed by atoms with Crippen molar-refractivity contribution in [1.29, 1.82) is 0 Å². The molecule has 1 fully saturated rings. The van der Waals surface area contributed by atoms with Crippen LogP contribution in [-0.2, 0) is 14.8 Å². The van der Waals surface area contributed by atoms with Gasteiger partial charge in [-0.15, -0.1) is 0 Å². The number of benzene rings is 2. The Bertz CT molecular complexity index is 1040. The number of nitrogens with zero attached hydrogens (tertiary/aromatic N) is 3. The average molecular weight is 459 g/mol. The number of morpholine rings is 1. The lowest BCUT2D eigenvalue weighted by atomic mass is 10.2. The van der Waals surface area contributed by atoms with Crippen molar-refractivity contribution in [2.45, 2.75) is 4.90 Å². The molecule has 154 valence electrons. The van der Waals surface area contributed by atoms with Crippen LogP contribution in [0.1, 0.15) is 5.56 Å². The van der Waals surface area contributed by atoms with Crippen LogP contribution in [0.15, 0.2) is 46.4 Å². The molecule has 1 N–H and O–H groups in total. The van der Waals surface area contributed by atoms with Gasteiger partial charge in [-0.05, 0) is 24.3 Å². The third kappa shape index (κ3) is 4.85. The van der Waals surface area contributed by atoms with E-state index < -0.39 is 20.6 Å². The predicted octanol–water partition coefficient (Wildman–Crippen LogP) is 3.37. The zero-order valence-electron chi connectivity index (χ0n) is 14.9. The number of sulfonamides is 1. The molecule has 2 aromatic rings. The summed E-state index contributed by atoms with van der Waals surface area (Å²) in [6.07, 6.45) is 1.33.